The van der Waals surface area contributed by atoms with Crippen LogP contribution in [0.3, 0.4) is 0 Å². The lowest BCUT2D eigenvalue weighted by Gasteiger charge is -2.27. The summed E-state index contributed by atoms with van der Waals surface area (Å²) in [6.07, 6.45) is 8.01. The van der Waals surface area contributed by atoms with Gasteiger partial charge >= 0.3 is 0 Å². The van der Waals surface area contributed by atoms with Crippen LogP contribution >= 0.6 is 0 Å². The summed E-state index contributed by atoms with van der Waals surface area (Å²) in [5, 5.41) is 14.7. The molecule has 3 heterocycles. The normalized spacial score (nSPS) is 19.6. The minimum absolute atomic E-state index is 0.0507. The molecule has 0 aliphatic heterocycles. The van der Waals surface area contributed by atoms with Crippen LogP contribution in [0.15, 0.2) is 35.5 Å². The minimum Gasteiger partial charge on any atom is -0.393 e. The zero-order chi connectivity index (χ0) is 20.5. The molecule has 0 atom stereocenters. The summed E-state index contributed by atoms with van der Waals surface area (Å²) >= 11 is 0. The molecule has 0 bridgehead atoms. The number of aliphatic hydroxyl groups excluding tert-OH is 1. The number of fused-ring (bicyclic) bond motifs is 1. The third kappa shape index (κ3) is 3.93. The number of hydrogen-bond acceptors (Lipinski definition) is 7. The molecule has 1 aliphatic carbocycles. The van der Waals surface area contributed by atoms with Crippen molar-refractivity contribution in [3.8, 4) is 11.3 Å². The monoisotopic (exact) mass is 394 g/mol. The molecule has 0 saturated heterocycles. The number of nitrogens with one attached hydrogen (secondary N) is 1. The summed E-state index contributed by atoms with van der Waals surface area (Å²) in [7, 11) is 0. The van der Waals surface area contributed by atoms with E-state index in [-0.39, 0.29) is 29.7 Å². The van der Waals surface area contributed by atoms with Gasteiger partial charge in [-0.1, -0.05) is 0 Å². The van der Waals surface area contributed by atoms with E-state index in [1.165, 1.54) is 0 Å². The number of nitrogen functional groups attached to an aromatic ring is 1. The van der Waals surface area contributed by atoms with Gasteiger partial charge in [-0.25, -0.2) is 15.0 Å². The Morgan fingerprint density at radius 1 is 1.21 bits per heavy atom. The third-order valence-electron chi connectivity index (χ3n) is 5.47. The molecule has 1 fully saturated rings. The molecular weight excluding hydrogens is 368 g/mol. The van der Waals surface area contributed by atoms with Crippen molar-refractivity contribution in [1.82, 2.24) is 19.5 Å². The fourth-order valence-electron chi connectivity index (χ4n) is 3.82. The number of nitrogens with zero attached hydrogens (tertiary/aromatic N) is 4. The van der Waals surface area contributed by atoms with E-state index in [9.17, 15) is 9.90 Å². The Kier molecular flexibility index (Phi) is 5.19. The molecule has 4 N–H and O–H groups in total. The lowest BCUT2D eigenvalue weighted by atomic mass is 9.93. The molecule has 8 nitrogen and oxygen atoms in total. The maximum Gasteiger partial charge on any atom is 0.262 e. The molecule has 1 aliphatic rings. The third-order valence-corrected chi connectivity index (χ3v) is 5.47. The fraction of sp³-hybridized carbons (Fsp3) is 0.429. The van der Waals surface area contributed by atoms with Crippen molar-refractivity contribution in [1.29, 1.82) is 0 Å². The highest BCUT2D eigenvalue weighted by Crippen LogP contribution is 2.28. The topological polar surface area (TPSA) is 119 Å². The van der Waals surface area contributed by atoms with Crippen LogP contribution in [0.4, 0.5) is 11.8 Å². The van der Waals surface area contributed by atoms with Crippen LogP contribution in [0.25, 0.3) is 22.0 Å². The van der Waals surface area contributed by atoms with Crippen LogP contribution in [0, 0.1) is 0 Å². The Bertz CT molecular complexity index is 1070. The predicted molar refractivity (Wildman–Crippen MR) is 114 cm³/mol. The number of rotatable bonds is 4. The van der Waals surface area contributed by atoms with E-state index in [4.69, 9.17) is 10.7 Å². The number of pyridine rings is 2. The van der Waals surface area contributed by atoms with Crippen LogP contribution in [-0.4, -0.2) is 36.8 Å². The molecule has 29 heavy (non-hydrogen) atoms. The predicted octanol–water partition coefficient (Wildman–Crippen LogP) is 2.73. The van der Waals surface area contributed by atoms with E-state index < -0.39 is 0 Å². The summed E-state index contributed by atoms with van der Waals surface area (Å²) in [5.74, 6) is 0.768. The molecule has 0 unspecified atom stereocenters. The second-order valence-electron chi connectivity index (χ2n) is 7.92. The smallest absolute Gasteiger partial charge is 0.262 e. The van der Waals surface area contributed by atoms with Gasteiger partial charge in [0.05, 0.1) is 17.2 Å². The van der Waals surface area contributed by atoms with Gasteiger partial charge in [-0.3, -0.25) is 4.79 Å². The Labute approximate surface area is 168 Å². The van der Waals surface area contributed by atoms with Crippen molar-refractivity contribution in [3.63, 3.8) is 0 Å². The van der Waals surface area contributed by atoms with Gasteiger partial charge in [0, 0.05) is 36.2 Å². The van der Waals surface area contributed by atoms with Gasteiger partial charge in [0.15, 0.2) is 0 Å². The lowest BCUT2D eigenvalue weighted by Crippen LogP contribution is -2.30. The molecule has 3 aromatic rings. The molecule has 8 heteroatoms. The standard InChI is InChI=1S/C21H26N6O2/c1-12(2)27-8-7-13-9-17(14-10-23-21(22)24-11-14)26-19(18(13)20(27)29)25-15-3-5-16(28)6-4-15/h7-12,15-16,28H,3-6H2,1-2H3,(H,25,26)(H2,22,23,24)/t15-,16+. The molecule has 3 aromatic heterocycles. The van der Waals surface area contributed by atoms with Crippen molar-refractivity contribution < 1.29 is 5.11 Å². The molecule has 152 valence electrons. The maximum atomic E-state index is 13.2. The molecule has 4 rings (SSSR count). The van der Waals surface area contributed by atoms with Gasteiger partial charge < -0.3 is 20.7 Å². The summed E-state index contributed by atoms with van der Waals surface area (Å²) in [4.78, 5) is 26.1. The van der Waals surface area contributed by atoms with Gasteiger partial charge in [0.1, 0.15) is 5.82 Å². The van der Waals surface area contributed by atoms with Crippen molar-refractivity contribution in [2.45, 2.75) is 57.7 Å². The average molecular weight is 394 g/mol. The van der Waals surface area contributed by atoms with Gasteiger partial charge in [-0.2, -0.15) is 0 Å². The summed E-state index contributed by atoms with van der Waals surface area (Å²) in [5.41, 5.74) is 6.95. The zero-order valence-electron chi connectivity index (χ0n) is 16.7. The molecular formula is C21H26N6O2. The highest BCUT2D eigenvalue weighted by Gasteiger charge is 2.22. The molecule has 1 saturated carbocycles. The quantitative estimate of drug-likeness (QED) is 0.622. The van der Waals surface area contributed by atoms with Crippen LogP contribution in [0.5, 0.6) is 0 Å². The highest BCUT2D eigenvalue weighted by atomic mass is 16.3. The molecule has 0 aromatic carbocycles. The Morgan fingerprint density at radius 3 is 2.55 bits per heavy atom. The minimum atomic E-state index is -0.241. The van der Waals surface area contributed by atoms with E-state index in [1.54, 1.807) is 17.0 Å². The SMILES string of the molecule is CC(C)n1ccc2cc(-c3cnc(N)nc3)nc(N[C@H]3CC[C@@H](O)CC3)c2c1=O. The first-order chi connectivity index (χ1) is 13.9. The van der Waals surface area contributed by atoms with E-state index >= 15 is 0 Å². The number of aromatic nitrogens is 4. The van der Waals surface area contributed by atoms with E-state index in [0.29, 0.717) is 16.9 Å². The fourth-order valence-corrected chi connectivity index (χ4v) is 3.82. The van der Waals surface area contributed by atoms with Gasteiger partial charge in [0.25, 0.3) is 5.56 Å². The van der Waals surface area contributed by atoms with Crippen LogP contribution in [0.1, 0.15) is 45.6 Å². The first-order valence-electron chi connectivity index (χ1n) is 10.0. The van der Waals surface area contributed by atoms with Crippen LogP contribution in [0.2, 0.25) is 0 Å². The zero-order valence-corrected chi connectivity index (χ0v) is 16.7. The first kappa shape index (κ1) is 19.3. The van der Waals surface area contributed by atoms with Crippen LogP contribution in [-0.2, 0) is 0 Å². The van der Waals surface area contributed by atoms with Crippen LogP contribution < -0.4 is 16.6 Å². The lowest BCUT2D eigenvalue weighted by molar-refractivity contribution is 0.126. The van der Waals surface area contributed by atoms with E-state index in [0.717, 1.165) is 36.6 Å². The second kappa shape index (κ2) is 7.79. The highest BCUT2D eigenvalue weighted by molar-refractivity contribution is 5.94. The van der Waals surface area contributed by atoms with E-state index in [1.807, 2.05) is 32.2 Å². The van der Waals surface area contributed by atoms with Gasteiger partial charge in [0.2, 0.25) is 5.95 Å². The van der Waals surface area contributed by atoms with Crippen molar-refractivity contribution in [2.24, 2.45) is 0 Å². The van der Waals surface area contributed by atoms with Gasteiger partial charge in [-0.05, 0) is 57.0 Å². The Morgan fingerprint density at radius 2 is 1.90 bits per heavy atom. The maximum absolute atomic E-state index is 13.2. The Balaban J connectivity index is 1.84. The molecule has 0 amide bonds. The largest absolute Gasteiger partial charge is 0.393 e. The summed E-state index contributed by atoms with van der Waals surface area (Å²) < 4.78 is 1.71. The number of anilines is 2. The van der Waals surface area contributed by atoms with Crippen molar-refractivity contribution >= 4 is 22.5 Å². The molecule has 0 radical (unpaired) electrons. The van der Waals surface area contributed by atoms with Crippen molar-refractivity contribution in [3.05, 3.63) is 41.1 Å². The van der Waals surface area contributed by atoms with E-state index in [2.05, 4.69) is 15.3 Å². The number of aliphatic hydroxyl groups is 1. The summed E-state index contributed by atoms with van der Waals surface area (Å²) in [6, 6.07) is 4.04. The van der Waals surface area contributed by atoms with Crippen molar-refractivity contribution in [2.75, 3.05) is 11.1 Å². The molecule has 0 spiro atoms. The summed E-state index contributed by atoms with van der Waals surface area (Å²) in [6.45, 7) is 3.97. The average Bonchev–Trinajstić information content (AvgIpc) is 2.70. The number of hydrogen-bond donors (Lipinski definition) is 3. The van der Waals surface area contributed by atoms with Gasteiger partial charge in [-0.15, -0.1) is 0 Å². The number of nitrogens with two attached hydrogens (primary N) is 1. The Hall–Kier alpha value is -3.00. The second-order valence-corrected chi connectivity index (χ2v) is 7.92. The first-order valence-corrected chi connectivity index (χ1v) is 10.0.